The van der Waals surface area contributed by atoms with Crippen molar-refractivity contribution in [3.05, 3.63) is 22.6 Å². The van der Waals surface area contributed by atoms with E-state index in [9.17, 15) is 4.79 Å². The molecule has 1 aromatic rings. The van der Waals surface area contributed by atoms with E-state index in [-0.39, 0.29) is 5.91 Å². The second-order valence-electron chi connectivity index (χ2n) is 6.61. The van der Waals surface area contributed by atoms with Crippen LogP contribution >= 0.6 is 0 Å². The molecule has 0 spiro atoms. The van der Waals surface area contributed by atoms with Crippen LogP contribution in [0.5, 0.6) is 0 Å². The maximum Gasteiger partial charge on any atom is 0.257 e. The topological polar surface area (TPSA) is 36.7 Å². The summed E-state index contributed by atoms with van der Waals surface area (Å²) >= 11 is 0. The zero-order valence-corrected chi connectivity index (χ0v) is 13.6. The Labute approximate surface area is 127 Å². The molecule has 2 atom stereocenters. The molecule has 0 aromatic carbocycles. The molecule has 1 amide bonds. The van der Waals surface area contributed by atoms with Gasteiger partial charge in [0.1, 0.15) is 11.5 Å². The van der Waals surface area contributed by atoms with Crippen molar-refractivity contribution in [3.8, 4) is 0 Å². The Bertz CT molecular complexity index is 549. The van der Waals surface area contributed by atoms with Gasteiger partial charge < -0.3 is 14.2 Å². The highest BCUT2D eigenvalue weighted by Crippen LogP contribution is 2.32. The van der Waals surface area contributed by atoms with Crippen molar-refractivity contribution in [2.75, 3.05) is 20.1 Å². The standard InChI is InChI=1S/C17H26N2O2/c1-11-12(2)21-13(3)16(11)17(20)19-10-6-8-15(19)14-7-5-9-18(14)4/h14-15H,5-10H2,1-4H3/t14-,15+/m1/s1. The van der Waals surface area contributed by atoms with E-state index in [1.807, 2.05) is 20.8 Å². The van der Waals surface area contributed by atoms with E-state index >= 15 is 0 Å². The molecule has 2 fully saturated rings. The number of hydrogen-bond donors (Lipinski definition) is 0. The summed E-state index contributed by atoms with van der Waals surface area (Å²) in [4.78, 5) is 17.6. The van der Waals surface area contributed by atoms with Gasteiger partial charge in [-0.05, 0) is 60.0 Å². The van der Waals surface area contributed by atoms with Crippen LogP contribution in [0.4, 0.5) is 0 Å². The van der Waals surface area contributed by atoms with Gasteiger partial charge in [0.15, 0.2) is 0 Å². The number of hydrogen-bond acceptors (Lipinski definition) is 3. The van der Waals surface area contributed by atoms with E-state index in [0.717, 1.165) is 48.6 Å². The number of carbonyl (C=O) groups is 1. The first kappa shape index (κ1) is 14.6. The fourth-order valence-corrected chi connectivity index (χ4v) is 4.12. The maximum absolute atomic E-state index is 13.0. The van der Waals surface area contributed by atoms with E-state index < -0.39 is 0 Å². The number of aryl methyl sites for hydroxylation is 2. The molecule has 4 heteroatoms. The van der Waals surface area contributed by atoms with E-state index in [0.29, 0.717) is 12.1 Å². The molecule has 2 saturated heterocycles. The largest absolute Gasteiger partial charge is 0.466 e. The van der Waals surface area contributed by atoms with E-state index in [4.69, 9.17) is 4.42 Å². The lowest BCUT2D eigenvalue weighted by Crippen LogP contribution is -2.47. The summed E-state index contributed by atoms with van der Waals surface area (Å²) in [6.45, 7) is 7.88. The van der Waals surface area contributed by atoms with Gasteiger partial charge in [-0.1, -0.05) is 0 Å². The van der Waals surface area contributed by atoms with Crippen molar-refractivity contribution in [2.45, 2.75) is 58.5 Å². The number of furan rings is 1. The van der Waals surface area contributed by atoms with Crippen LogP contribution in [-0.2, 0) is 0 Å². The molecule has 2 aliphatic heterocycles. The first-order valence-corrected chi connectivity index (χ1v) is 8.08. The number of likely N-dealkylation sites (N-methyl/N-ethyl adjacent to an activating group) is 1. The number of nitrogens with zero attached hydrogens (tertiary/aromatic N) is 2. The van der Waals surface area contributed by atoms with Gasteiger partial charge >= 0.3 is 0 Å². The molecule has 21 heavy (non-hydrogen) atoms. The van der Waals surface area contributed by atoms with Crippen molar-refractivity contribution >= 4 is 5.91 Å². The Balaban J connectivity index is 1.86. The highest BCUT2D eigenvalue weighted by atomic mass is 16.3. The molecule has 1 aromatic heterocycles. The summed E-state index contributed by atoms with van der Waals surface area (Å²) in [5.74, 6) is 1.80. The van der Waals surface area contributed by atoms with Gasteiger partial charge in [0.05, 0.1) is 5.56 Å². The molecular formula is C17H26N2O2. The highest BCUT2D eigenvalue weighted by molar-refractivity contribution is 5.97. The minimum atomic E-state index is 0.171. The van der Waals surface area contributed by atoms with Crippen LogP contribution in [0.15, 0.2) is 4.42 Å². The van der Waals surface area contributed by atoms with Gasteiger partial charge in [0, 0.05) is 24.2 Å². The number of likely N-dealkylation sites (tertiary alicyclic amines) is 2. The van der Waals surface area contributed by atoms with Crippen molar-refractivity contribution < 1.29 is 9.21 Å². The highest BCUT2D eigenvalue weighted by Gasteiger charge is 2.39. The van der Waals surface area contributed by atoms with Crippen LogP contribution in [-0.4, -0.2) is 47.9 Å². The van der Waals surface area contributed by atoms with Gasteiger partial charge in [-0.15, -0.1) is 0 Å². The predicted octanol–water partition coefficient (Wildman–Crippen LogP) is 2.90. The second kappa shape index (κ2) is 5.48. The zero-order chi connectivity index (χ0) is 15.1. The van der Waals surface area contributed by atoms with Crippen LogP contribution in [0.2, 0.25) is 0 Å². The first-order valence-electron chi connectivity index (χ1n) is 8.08. The molecule has 116 valence electrons. The lowest BCUT2D eigenvalue weighted by atomic mass is 10.0. The van der Waals surface area contributed by atoms with Gasteiger partial charge in [0.25, 0.3) is 5.91 Å². The summed E-state index contributed by atoms with van der Waals surface area (Å²) in [6, 6.07) is 0.907. The quantitative estimate of drug-likeness (QED) is 0.840. The Hall–Kier alpha value is -1.29. The smallest absolute Gasteiger partial charge is 0.257 e. The van der Waals surface area contributed by atoms with Crippen molar-refractivity contribution in [1.29, 1.82) is 0 Å². The Kier molecular flexibility index (Phi) is 3.82. The van der Waals surface area contributed by atoms with E-state index in [2.05, 4.69) is 16.8 Å². The van der Waals surface area contributed by atoms with Gasteiger partial charge in [-0.2, -0.15) is 0 Å². The van der Waals surface area contributed by atoms with E-state index in [1.54, 1.807) is 0 Å². The molecule has 0 radical (unpaired) electrons. The van der Waals surface area contributed by atoms with Crippen molar-refractivity contribution in [1.82, 2.24) is 9.80 Å². The van der Waals surface area contributed by atoms with Crippen LogP contribution < -0.4 is 0 Å². The fraction of sp³-hybridized carbons (Fsp3) is 0.706. The van der Waals surface area contributed by atoms with Crippen molar-refractivity contribution in [2.24, 2.45) is 0 Å². The van der Waals surface area contributed by atoms with Crippen LogP contribution in [0.3, 0.4) is 0 Å². The van der Waals surface area contributed by atoms with Gasteiger partial charge in [-0.3, -0.25) is 4.79 Å². The number of rotatable bonds is 2. The molecule has 3 rings (SSSR count). The molecule has 0 aliphatic carbocycles. The summed E-state index contributed by atoms with van der Waals surface area (Å²) in [5, 5.41) is 0. The minimum absolute atomic E-state index is 0.171. The maximum atomic E-state index is 13.0. The molecular weight excluding hydrogens is 264 g/mol. The number of carbonyl (C=O) groups excluding carboxylic acids is 1. The molecule has 0 unspecified atom stereocenters. The molecule has 0 N–H and O–H groups in total. The monoisotopic (exact) mass is 290 g/mol. The van der Waals surface area contributed by atoms with Gasteiger partial charge in [0.2, 0.25) is 0 Å². The first-order chi connectivity index (χ1) is 10.0. The molecule has 0 bridgehead atoms. The Morgan fingerprint density at radius 3 is 2.29 bits per heavy atom. The number of amides is 1. The van der Waals surface area contributed by atoms with Gasteiger partial charge in [-0.25, -0.2) is 0 Å². The lowest BCUT2D eigenvalue weighted by molar-refractivity contribution is 0.0662. The Morgan fingerprint density at radius 1 is 1.05 bits per heavy atom. The molecule has 4 nitrogen and oxygen atoms in total. The lowest BCUT2D eigenvalue weighted by Gasteiger charge is -2.33. The van der Waals surface area contributed by atoms with Crippen LogP contribution in [0.1, 0.15) is 53.1 Å². The third-order valence-corrected chi connectivity index (χ3v) is 5.36. The molecule has 0 saturated carbocycles. The average molecular weight is 290 g/mol. The van der Waals surface area contributed by atoms with E-state index in [1.165, 1.54) is 12.8 Å². The van der Waals surface area contributed by atoms with Crippen LogP contribution in [0, 0.1) is 20.8 Å². The Morgan fingerprint density at radius 2 is 1.71 bits per heavy atom. The molecule has 2 aliphatic rings. The minimum Gasteiger partial charge on any atom is -0.466 e. The fourth-order valence-electron chi connectivity index (χ4n) is 4.12. The summed E-state index contributed by atoms with van der Waals surface area (Å²) in [6.07, 6.45) is 4.72. The SMILES string of the molecule is Cc1oc(C)c(C(=O)N2CCC[C@H]2[C@H]2CCCN2C)c1C. The predicted molar refractivity (Wildman–Crippen MR) is 82.6 cm³/mol. The normalized spacial score (nSPS) is 26.8. The second-order valence-corrected chi connectivity index (χ2v) is 6.61. The summed E-state index contributed by atoms with van der Waals surface area (Å²) in [5.41, 5.74) is 1.79. The third kappa shape index (κ3) is 2.39. The zero-order valence-electron chi connectivity index (χ0n) is 13.6. The molecule has 3 heterocycles. The average Bonchev–Trinajstić information content (AvgIpc) is 3.10. The van der Waals surface area contributed by atoms with Crippen LogP contribution in [0.25, 0.3) is 0 Å². The summed E-state index contributed by atoms with van der Waals surface area (Å²) in [7, 11) is 2.19. The third-order valence-electron chi connectivity index (χ3n) is 5.36. The summed E-state index contributed by atoms with van der Waals surface area (Å²) < 4.78 is 5.65. The van der Waals surface area contributed by atoms with Crippen molar-refractivity contribution in [3.63, 3.8) is 0 Å².